The van der Waals surface area contributed by atoms with Crippen molar-refractivity contribution in [2.24, 2.45) is 0 Å². The quantitative estimate of drug-likeness (QED) is 0.0887. The summed E-state index contributed by atoms with van der Waals surface area (Å²) in [5, 5.41) is 0. The van der Waals surface area contributed by atoms with Crippen LogP contribution in [0.1, 0.15) is 135 Å². The van der Waals surface area contributed by atoms with Crippen molar-refractivity contribution in [3.8, 4) is 0 Å². The highest BCUT2D eigenvalue weighted by molar-refractivity contribution is 7.47. The lowest BCUT2D eigenvalue weighted by atomic mass is 10.0. The van der Waals surface area contributed by atoms with E-state index in [2.05, 4.69) is 14.0 Å². The van der Waals surface area contributed by atoms with Crippen molar-refractivity contribution < 1.29 is 23.0 Å². The lowest BCUT2D eigenvalue weighted by molar-refractivity contribution is -0.914. The molecule has 1 atom stereocenters. The van der Waals surface area contributed by atoms with E-state index >= 15 is 0 Å². The molecule has 0 saturated carbocycles. The normalized spacial score (nSPS) is 17.8. The molecule has 0 aromatic carbocycles. The number of unbranched alkanes of at least 4 members (excludes halogenated alkanes) is 16. The van der Waals surface area contributed by atoms with Gasteiger partial charge < -0.3 is 9.38 Å². The van der Waals surface area contributed by atoms with Gasteiger partial charge in [0.05, 0.1) is 26.7 Å². The van der Waals surface area contributed by atoms with Crippen LogP contribution in [0, 0.1) is 0 Å². The molecule has 0 bridgehead atoms. The largest absolute Gasteiger partial charge is 0.472 e. The van der Waals surface area contributed by atoms with Crippen LogP contribution in [0.5, 0.6) is 0 Å². The molecule has 0 aliphatic carbocycles. The van der Waals surface area contributed by atoms with Crippen molar-refractivity contribution >= 4 is 7.82 Å². The summed E-state index contributed by atoms with van der Waals surface area (Å²) < 4.78 is 23.3. The Bertz CT molecular complexity index is 483. The van der Waals surface area contributed by atoms with Gasteiger partial charge in [0.15, 0.2) is 0 Å². The summed E-state index contributed by atoms with van der Waals surface area (Å²) >= 11 is 0. The van der Waals surface area contributed by atoms with E-state index in [0.717, 1.165) is 37.0 Å². The molecule has 5 nitrogen and oxygen atoms in total. The van der Waals surface area contributed by atoms with Crippen molar-refractivity contribution in [1.82, 2.24) is 0 Å². The number of phosphoric acid groups is 1. The van der Waals surface area contributed by atoms with Crippen molar-refractivity contribution in [3.63, 3.8) is 0 Å². The van der Waals surface area contributed by atoms with E-state index in [1.807, 2.05) is 0 Å². The highest BCUT2D eigenvalue weighted by Crippen LogP contribution is 2.43. The molecule has 0 radical (unpaired) electrons. The second-order valence-corrected chi connectivity index (χ2v) is 12.1. The van der Waals surface area contributed by atoms with Gasteiger partial charge in [-0.05, 0) is 25.7 Å². The molecule has 1 heterocycles. The molecule has 0 spiro atoms. The monoisotopic (exact) mass is 490 g/mol. The van der Waals surface area contributed by atoms with Crippen LogP contribution in [-0.4, -0.2) is 49.3 Å². The minimum absolute atomic E-state index is 0.295. The zero-order chi connectivity index (χ0) is 24.1. The Morgan fingerprint density at radius 1 is 0.636 bits per heavy atom. The average molecular weight is 491 g/mol. The third-order valence-corrected chi connectivity index (χ3v) is 8.30. The van der Waals surface area contributed by atoms with Gasteiger partial charge in [-0.2, -0.15) is 0 Å². The summed E-state index contributed by atoms with van der Waals surface area (Å²) in [6, 6.07) is 0. The molecular formula is C27H57NO4P+. The molecule has 1 aliphatic rings. The molecule has 0 aromatic heterocycles. The molecule has 1 saturated heterocycles. The minimum Gasteiger partial charge on any atom is -0.324 e. The fourth-order valence-electron chi connectivity index (χ4n) is 4.92. The number of hydrogen-bond donors (Lipinski definition) is 1. The van der Waals surface area contributed by atoms with Crippen LogP contribution in [0.4, 0.5) is 0 Å². The van der Waals surface area contributed by atoms with E-state index in [1.54, 1.807) is 0 Å². The van der Waals surface area contributed by atoms with Crippen LogP contribution < -0.4 is 0 Å². The summed E-state index contributed by atoms with van der Waals surface area (Å²) in [5.41, 5.74) is 0. The van der Waals surface area contributed by atoms with Gasteiger partial charge in [0.1, 0.15) is 13.2 Å². The number of nitrogens with zero attached hydrogens (tertiary/aromatic N) is 1. The summed E-state index contributed by atoms with van der Waals surface area (Å²) in [6.45, 7) is 5.95. The number of piperidine rings is 1. The van der Waals surface area contributed by atoms with Crippen LogP contribution in [0.25, 0.3) is 0 Å². The Kier molecular flexibility index (Phi) is 19.1. The first-order chi connectivity index (χ1) is 16.0. The summed E-state index contributed by atoms with van der Waals surface area (Å²) in [4.78, 5) is 9.87. The second-order valence-electron chi connectivity index (χ2n) is 10.6. The van der Waals surface area contributed by atoms with Crippen molar-refractivity contribution in [3.05, 3.63) is 0 Å². The number of likely N-dealkylation sites (tertiary alicyclic amines) is 1. The Morgan fingerprint density at radius 2 is 1.03 bits per heavy atom. The van der Waals surface area contributed by atoms with Crippen LogP contribution in [-0.2, 0) is 13.6 Å². The predicted octanol–water partition coefficient (Wildman–Crippen LogP) is 8.40. The highest BCUT2D eigenvalue weighted by atomic mass is 31.2. The highest BCUT2D eigenvalue weighted by Gasteiger charge is 2.27. The van der Waals surface area contributed by atoms with Crippen LogP contribution in [0.15, 0.2) is 0 Å². The molecule has 6 heteroatoms. The molecule has 1 unspecified atom stereocenters. The third kappa shape index (κ3) is 19.0. The fraction of sp³-hybridized carbons (Fsp3) is 1.00. The summed E-state index contributed by atoms with van der Waals surface area (Å²) in [5.74, 6) is 0. The SMILES string of the molecule is CCCCCCCCCCCCCCCCCCCOP(=O)(O)OCC[N+]1(C)CCCCC1. The van der Waals surface area contributed by atoms with E-state index < -0.39 is 7.82 Å². The van der Waals surface area contributed by atoms with Crippen LogP contribution in [0.3, 0.4) is 0 Å². The lowest BCUT2D eigenvalue weighted by Gasteiger charge is -2.37. The van der Waals surface area contributed by atoms with Crippen LogP contribution in [0.2, 0.25) is 0 Å². The topological polar surface area (TPSA) is 55.8 Å². The fourth-order valence-corrected chi connectivity index (χ4v) is 5.67. The summed E-state index contributed by atoms with van der Waals surface area (Å²) in [7, 11) is -1.68. The van der Waals surface area contributed by atoms with Crippen LogP contribution >= 0.6 is 7.82 Å². The number of rotatable bonds is 23. The van der Waals surface area contributed by atoms with E-state index in [1.165, 1.54) is 116 Å². The van der Waals surface area contributed by atoms with Crippen molar-refractivity contribution in [1.29, 1.82) is 0 Å². The first-order valence-electron chi connectivity index (χ1n) is 14.4. The second kappa shape index (κ2) is 20.3. The van der Waals surface area contributed by atoms with Gasteiger partial charge in [-0.25, -0.2) is 4.57 Å². The lowest BCUT2D eigenvalue weighted by Crippen LogP contribution is -2.49. The number of likely N-dealkylation sites (N-methyl/N-ethyl adjacent to an activating group) is 1. The zero-order valence-electron chi connectivity index (χ0n) is 22.2. The molecule has 33 heavy (non-hydrogen) atoms. The molecule has 198 valence electrons. The molecule has 1 fully saturated rings. The third-order valence-electron chi connectivity index (χ3n) is 7.28. The summed E-state index contributed by atoms with van der Waals surface area (Å²) in [6.07, 6.45) is 26.3. The van der Waals surface area contributed by atoms with E-state index in [4.69, 9.17) is 9.05 Å². The maximum Gasteiger partial charge on any atom is 0.472 e. The zero-order valence-corrected chi connectivity index (χ0v) is 23.1. The van der Waals surface area contributed by atoms with Crippen molar-refractivity contribution in [2.75, 3.05) is 39.9 Å². The van der Waals surface area contributed by atoms with E-state index in [-0.39, 0.29) is 0 Å². The Morgan fingerprint density at radius 3 is 1.48 bits per heavy atom. The van der Waals surface area contributed by atoms with Gasteiger partial charge in [0.25, 0.3) is 0 Å². The van der Waals surface area contributed by atoms with Gasteiger partial charge in [0.2, 0.25) is 0 Å². The maximum absolute atomic E-state index is 12.0. The Labute approximate surface area is 206 Å². The molecule has 1 rings (SSSR count). The number of hydrogen-bond acceptors (Lipinski definition) is 3. The maximum atomic E-state index is 12.0. The van der Waals surface area contributed by atoms with Crippen molar-refractivity contribution in [2.45, 2.75) is 135 Å². The Hall–Kier alpha value is 0.0700. The number of phosphoric ester groups is 1. The minimum atomic E-state index is -3.89. The van der Waals surface area contributed by atoms with E-state index in [0.29, 0.717) is 13.2 Å². The molecule has 0 amide bonds. The first kappa shape index (κ1) is 31.1. The molecular weight excluding hydrogens is 433 g/mol. The van der Waals surface area contributed by atoms with E-state index in [9.17, 15) is 9.46 Å². The van der Waals surface area contributed by atoms with Gasteiger partial charge in [0, 0.05) is 0 Å². The molecule has 1 N–H and O–H groups in total. The first-order valence-corrected chi connectivity index (χ1v) is 15.9. The van der Waals surface area contributed by atoms with Gasteiger partial charge in [-0.1, -0.05) is 110 Å². The standard InChI is InChI=1S/C27H56NO4P/c1-3-4-5-6-7-8-9-10-11-12-13-14-15-16-17-18-22-26-31-33(29,30)32-27-25-28(2)23-20-19-21-24-28/h3-27H2,1-2H3/p+1. The van der Waals surface area contributed by atoms with Gasteiger partial charge in [-0.3, -0.25) is 9.05 Å². The predicted molar refractivity (Wildman–Crippen MR) is 141 cm³/mol. The Balaban J connectivity index is 1.81. The average Bonchev–Trinajstić information content (AvgIpc) is 2.78. The molecule has 1 aliphatic heterocycles. The molecule has 0 aromatic rings. The van der Waals surface area contributed by atoms with Gasteiger partial charge in [-0.15, -0.1) is 0 Å². The number of quaternary nitrogens is 1. The van der Waals surface area contributed by atoms with Gasteiger partial charge >= 0.3 is 7.82 Å². The smallest absolute Gasteiger partial charge is 0.324 e.